The molecular formula is C15H28N2O. The second kappa shape index (κ2) is 5.89. The Morgan fingerprint density at radius 1 is 1.17 bits per heavy atom. The van der Waals surface area contributed by atoms with Crippen molar-refractivity contribution >= 4 is 0 Å². The van der Waals surface area contributed by atoms with E-state index in [-0.39, 0.29) is 0 Å². The van der Waals surface area contributed by atoms with E-state index in [0.717, 1.165) is 24.7 Å². The fraction of sp³-hybridized carbons (Fsp3) is 1.00. The van der Waals surface area contributed by atoms with Gasteiger partial charge >= 0.3 is 0 Å². The smallest absolute Gasteiger partial charge is 0.0604 e. The van der Waals surface area contributed by atoms with Gasteiger partial charge in [0.05, 0.1) is 6.10 Å². The number of likely N-dealkylation sites (tertiary alicyclic amines) is 1. The Morgan fingerprint density at radius 3 is 2.78 bits per heavy atom. The monoisotopic (exact) mass is 252 g/mol. The van der Waals surface area contributed by atoms with Crippen LogP contribution < -0.4 is 5.32 Å². The molecule has 3 nitrogen and oxygen atoms in total. The normalized spacial score (nSPS) is 41.8. The van der Waals surface area contributed by atoms with Gasteiger partial charge in [0.15, 0.2) is 0 Å². The van der Waals surface area contributed by atoms with Crippen LogP contribution >= 0.6 is 0 Å². The van der Waals surface area contributed by atoms with Crippen molar-refractivity contribution in [3.8, 4) is 0 Å². The molecule has 3 aliphatic rings. The molecule has 0 aromatic rings. The highest BCUT2D eigenvalue weighted by atomic mass is 16.5. The highest BCUT2D eigenvalue weighted by Crippen LogP contribution is 2.34. The number of nitrogens with one attached hydrogen (secondary N) is 1. The van der Waals surface area contributed by atoms with Crippen molar-refractivity contribution in [2.45, 2.75) is 76.1 Å². The SMILES string of the molecule is CCOC1CC(N2CCCCC2C2CCCN2)C1. The molecule has 2 aliphatic heterocycles. The molecule has 2 atom stereocenters. The van der Waals surface area contributed by atoms with E-state index in [1.165, 1.54) is 58.0 Å². The van der Waals surface area contributed by atoms with Crippen LogP contribution in [0.1, 0.15) is 51.9 Å². The summed E-state index contributed by atoms with van der Waals surface area (Å²) in [5.74, 6) is 0. The van der Waals surface area contributed by atoms with Crippen LogP contribution in [0.5, 0.6) is 0 Å². The first kappa shape index (κ1) is 12.9. The summed E-state index contributed by atoms with van der Waals surface area (Å²) in [5, 5.41) is 3.72. The van der Waals surface area contributed by atoms with Crippen molar-refractivity contribution in [2.24, 2.45) is 0 Å². The Balaban J connectivity index is 1.55. The van der Waals surface area contributed by atoms with E-state index in [9.17, 15) is 0 Å². The lowest BCUT2D eigenvalue weighted by molar-refractivity contribution is -0.0683. The number of rotatable bonds is 4. The second-order valence-corrected chi connectivity index (χ2v) is 6.21. The Labute approximate surface area is 111 Å². The standard InChI is InChI=1S/C15H28N2O/c1-2-18-13-10-12(11-13)17-9-4-3-7-15(17)14-6-5-8-16-14/h12-16H,2-11H2,1H3. The molecule has 18 heavy (non-hydrogen) atoms. The van der Waals surface area contributed by atoms with Crippen LogP contribution in [0, 0.1) is 0 Å². The molecule has 2 heterocycles. The van der Waals surface area contributed by atoms with Gasteiger partial charge in [0.2, 0.25) is 0 Å². The molecule has 2 saturated heterocycles. The van der Waals surface area contributed by atoms with E-state index in [2.05, 4.69) is 17.1 Å². The zero-order chi connectivity index (χ0) is 12.4. The zero-order valence-electron chi connectivity index (χ0n) is 11.7. The van der Waals surface area contributed by atoms with E-state index >= 15 is 0 Å². The highest BCUT2D eigenvalue weighted by molar-refractivity contribution is 4.97. The fourth-order valence-corrected chi connectivity index (χ4v) is 4.09. The van der Waals surface area contributed by atoms with Crippen LogP contribution in [0.2, 0.25) is 0 Å². The predicted molar refractivity (Wildman–Crippen MR) is 73.8 cm³/mol. The average Bonchev–Trinajstić information content (AvgIpc) is 2.87. The second-order valence-electron chi connectivity index (χ2n) is 6.21. The summed E-state index contributed by atoms with van der Waals surface area (Å²) in [6.45, 7) is 5.55. The van der Waals surface area contributed by atoms with E-state index in [0.29, 0.717) is 6.10 Å². The van der Waals surface area contributed by atoms with Gasteiger partial charge in [0, 0.05) is 24.7 Å². The molecule has 0 amide bonds. The third kappa shape index (κ3) is 2.59. The van der Waals surface area contributed by atoms with Gasteiger partial charge < -0.3 is 10.1 Å². The number of ether oxygens (including phenoxy) is 1. The van der Waals surface area contributed by atoms with Crippen molar-refractivity contribution in [2.75, 3.05) is 19.7 Å². The molecule has 2 unspecified atom stereocenters. The molecule has 0 bridgehead atoms. The number of hydrogen-bond acceptors (Lipinski definition) is 3. The van der Waals surface area contributed by atoms with Crippen LogP contribution in [0.25, 0.3) is 0 Å². The minimum Gasteiger partial charge on any atom is -0.378 e. The Bertz CT molecular complexity index is 259. The third-order valence-electron chi connectivity index (χ3n) is 5.10. The van der Waals surface area contributed by atoms with Crippen LogP contribution in [0.3, 0.4) is 0 Å². The quantitative estimate of drug-likeness (QED) is 0.830. The minimum atomic E-state index is 0.555. The number of hydrogen-bond donors (Lipinski definition) is 1. The van der Waals surface area contributed by atoms with Crippen molar-refractivity contribution in [3.05, 3.63) is 0 Å². The van der Waals surface area contributed by atoms with Crippen LogP contribution in [-0.4, -0.2) is 48.8 Å². The summed E-state index contributed by atoms with van der Waals surface area (Å²) in [6.07, 6.45) is 10.1. The molecule has 0 spiro atoms. The summed E-state index contributed by atoms with van der Waals surface area (Å²) in [5.41, 5.74) is 0. The van der Waals surface area contributed by atoms with Crippen LogP contribution in [0.4, 0.5) is 0 Å². The van der Waals surface area contributed by atoms with E-state index < -0.39 is 0 Å². The van der Waals surface area contributed by atoms with Gasteiger partial charge in [-0.15, -0.1) is 0 Å². The fourth-order valence-electron chi connectivity index (χ4n) is 4.09. The largest absolute Gasteiger partial charge is 0.378 e. The zero-order valence-corrected chi connectivity index (χ0v) is 11.7. The maximum absolute atomic E-state index is 5.72. The summed E-state index contributed by atoms with van der Waals surface area (Å²) in [4.78, 5) is 2.82. The van der Waals surface area contributed by atoms with Crippen molar-refractivity contribution < 1.29 is 4.74 Å². The molecule has 104 valence electrons. The van der Waals surface area contributed by atoms with Gasteiger partial charge in [-0.3, -0.25) is 4.90 Å². The molecule has 1 aliphatic carbocycles. The summed E-state index contributed by atoms with van der Waals surface area (Å²) in [6, 6.07) is 2.40. The Kier molecular flexibility index (Phi) is 4.22. The van der Waals surface area contributed by atoms with Crippen molar-refractivity contribution in [3.63, 3.8) is 0 Å². The molecule has 1 N–H and O–H groups in total. The van der Waals surface area contributed by atoms with Gasteiger partial charge in [-0.1, -0.05) is 6.42 Å². The van der Waals surface area contributed by atoms with Gasteiger partial charge in [0.25, 0.3) is 0 Å². The lowest BCUT2D eigenvalue weighted by Crippen LogP contribution is -2.58. The molecule has 1 saturated carbocycles. The molecule has 0 aromatic heterocycles. The Hall–Kier alpha value is -0.120. The van der Waals surface area contributed by atoms with Crippen LogP contribution in [0.15, 0.2) is 0 Å². The maximum atomic E-state index is 5.72. The summed E-state index contributed by atoms with van der Waals surface area (Å²) in [7, 11) is 0. The average molecular weight is 252 g/mol. The minimum absolute atomic E-state index is 0.555. The molecular weight excluding hydrogens is 224 g/mol. The van der Waals surface area contributed by atoms with E-state index in [1.807, 2.05) is 0 Å². The third-order valence-corrected chi connectivity index (χ3v) is 5.10. The molecule has 3 heteroatoms. The van der Waals surface area contributed by atoms with E-state index in [4.69, 9.17) is 4.74 Å². The molecule has 0 aromatic carbocycles. The van der Waals surface area contributed by atoms with Gasteiger partial charge in [-0.25, -0.2) is 0 Å². The summed E-state index contributed by atoms with van der Waals surface area (Å²) >= 11 is 0. The number of nitrogens with zero attached hydrogens (tertiary/aromatic N) is 1. The predicted octanol–water partition coefficient (Wildman–Crippen LogP) is 2.16. The Morgan fingerprint density at radius 2 is 2.06 bits per heavy atom. The maximum Gasteiger partial charge on any atom is 0.0604 e. The van der Waals surface area contributed by atoms with Crippen molar-refractivity contribution in [1.29, 1.82) is 0 Å². The number of piperidine rings is 1. The van der Waals surface area contributed by atoms with Gasteiger partial charge in [-0.2, -0.15) is 0 Å². The first-order valence-electron chi connectivity index (χ1n) is 7.99. The lowest BCUT2D eigenvalue weighted by Gasteiger charge is -2.49. The first-order chi connectivity index (χ1) is 8.88. The topological polar surface area (TPSA) is 24.5 Å². The molecule has 3 rings (SSSR count). The molecule has 0 radical (unpaired) electrons. The van der Waals surface area contributed by atoms with E-state index in [1.54, 1.807) is 0 Å². The van der Waals surface area contributed by atoms with Gasteiger partial charge in [-0.05, 0) is 58.5 Å². The molecule has 3 fully saturated rings. The van der Waals surface area contributed by atoms with Crippen LogP contribution in [-0.2, 0) is 4.74 Å². The highest BCUT2D eigenvalue weighted by Gasteiger charge is 2.40. The van der Waals surface area contributed by atoms with Crippen molar-refractivity contribution in [1.82, 2.24) is 10.2 Å². The first-order valence-corrected chi connectivity index (χ1v) is 7.99. The van der Waals surface area contributed by atoms with Gasteiger partial charge in [0.1, 0.15) is 0 Å². The summed E-state index contributed by atoms with van der Waals surface area (Å²) < 4.78 is 5.72. The lowest BCUT2D eigenvalue weighted by atomic mass is 9.83.